The van der Waals surface area contributed by atoms with Crippen LogP contribution in [0.25, 0.3) is 0 Å². The minimum atomic E-state index is -4.34. The summed E-state index contributed by atoms with van der Waals surface area (Å²) < 4.78 is 40.9. The molecule has 0 spiro atoms. The van der Waals surface area contributed by atoms with E-state index >= 15 is 0 Å². The number of nitrogen functional groups attached to an aromatic ring is 1. The molecule has 1 aromatic carbocycles. The SMILES string of the molecule is Nc1nccn1Cc1ccc(C(F)(F)F)cc1N1CCSCC1. The van der Waals surface area contributed by atoms with Gasteiger partial charge in [-0.2, -0.15) is 24.9 Å². The second-order valence-electron chi connectivity index (χ2n) is 5.35. The van der Waals surface area contributed by atoms with Crippen molar-refractivity contribution in [1.82, 2.24) is 9.55 Å². The summed E-state index contributed by atoms with van der Waals surface area (Å²) in [4.78, 5) is 5.98. The lowest BCUT2D eigenvalue weighted by Gasteiger charge is -2.31. The maximum Gasteiger partial charge on any atom is 0.416 e. The largest absolute Gasteiger partial charge is 0.416 e. The minimum absolute atomic E-state index is 0.352. The summed E-state index contributed by atoms with van der Waals surface area (Å²) in [7, 11) is 0. The van der Waals surface area contributed by atoms with Crippen molar-refractivity contribution >= 4 is 23.4 Å². The zero-order valence-corrected chi connectivity index (χ0v) is 13.2. The number of nitrogens with two attached hydrogens (primary N) is 1. The minimum Gasteiger partial charge on any atom is -0.370 e. The Labute approximate surface area is 136 Å². The molecule has 1 aliphatic rings. The van der Waals surface area contributed by atoms with Gasteiger partial charge in [-0.1, -0.05) is 6.07 Å². The summed E-state index contributed by atoms with van der Waals surface area (Å²) in [6, 6.07) is 3.92. The number of hydrogen-bond acceptors (Lipinski definition) is 4. The number of rotatable bonds is 3. The fourth-order valence-electron chi connectivity index (χ4n) is 2.63. The highest BCUT2D eigenvalue weighted by molar-refractivity contribution is 7.99. The van der Waals surface area contributed by atoms with Gasteiger partial charge in [0.25, 0.3) is 0 Å². The third kappa shape index (κ3) is 3.57. The molecule has 124 valence electrons. The van der Waals surface area contributed by atoms with Crippen LogP contribution in [0, 0.1) is 0 Å². The first-order valence-corrected chi connectivity index (χ1v) is 8.40. The van der Waals surface area contributed by atoms with Crippen molar-refractivity contribution in [2.45, 2.75) is 12.7 Å². The van der Waals surface area contributed by atoms with E-state index < -0.39 is 11.7 Å². The molecule has 0 unspecified atom stereocenters. The lowest BCUT2D eigenvalue weighted by Crippen LogP contribution is -2.33. The number of nitrogens with zero attached hydrogens (tertiary/aromatic N) is 3. The van der Waals surface area contributed by atoms with Gasteiger partial charge in [0.2, 0.25) is 0 Å². The van der Waals surface area contributed by atoms with E-state index in [0.717, 1.165) is 36.2 Å². The van der Waals surface area contributed by atoms with Crippen molar-refractivity contribution in [2.75, 3.05) is 35.2 Å². The molecule has 0 aliphatic carbocycles. The molecule has 1 saturated heterocycles. The van der Waals surface area contributed by atoms with Gasteiger partial charge in [-0.3, -0.25) is 0 Å². The Morgan fingerprint density at radius 2 is 1.96 bits per heavy atom. The van der Waals surface area contributed by atoms with Crippen molar-refractivity contribution in [2.24, 2.45) is 0 Å². The normalized spacial score (nSPS) is 15.9. The summed E-state index contributed by atoms with van der Waals surface area (Å²) in [5.41, 5.74) is 6.60. The molecule has 1 aliphatic heterocycles. The Kier molecular flexibility index (Phi) is 4.43. The lowest BCUT2D eigenvalue weighted by molar-refractivity contribution is -0.137. The molecule has 0 atom stereocenters. The summed E-state index contributed by atoms with van der Waals surface area (Å²) in [6.07, 6.45) is -1.04. The van der Waals surface area contributed by atoms with Crippen LogP contribution in [0.5, 0.6) is 0 Å². The summed E-state index contributed by atoms with van der Waals surface area (Å²) in [6.45, 7) is 1.90. The van der Waals surface area contributed by atoms with E-state index in [-0.39, 0.29) is 0 Å². The summed E-state index contributed by atoms with van der Waals surface area (Å²) in [5.74, 6) is 2.19. The molecule has 2 heterocycles. The summed E-state index contributed by atoms with van der Waals surface area (Å²) >= 11 is 1.82. The van der Waals surface area contributed by atoms with E-state index in [9.17, 15) is 13.2 Å². The van der Waals surface area contributed by atoms with Gasteiger partial charge in [-0.15, -0.1) is 0 Å². The number of hydrogen-bond donors (Lipinski definition) is 1. The van der Waals surface area contributed by atoms with Crippen LogP contribution in [0.15, 0.2) is 30.6 Å². The number of halogens is 3. The third-order valence-electron chi connectivity index (χ3n) is 3.85. The van der Waals surface area contributed by atoms with Gasteiger partial charge in [-0.05, 0) is 17.7 Å². The van der Waals surface area contributed by atoms with Gasteiger partial charge < -0.3 is 15.2 Å². The van der Waals surface area contributed by atoms with Crippen molar-refractivity contribution in [1.29, 1.82) is 0 Å². The summed E-state index contributed by atoms with van der Waals surface area (Å²) in [5, 5.41) is 0. The van der Waals surface area contributed by atoms with Crippen molar-refractivity contribution in [3.05, 3.63) is 41.7 Å². The highest BCUT2D eigenvalue weighted by atomic mass is 32.2. The maximum atomic E-state index is 13.1. The van der Waals surface area contributed by atoms with Crippen LogP contribution in [0.4, 0.5) is 24.8 Å². The molecule has 0 saturated carbocycles. The molecule has 0 amide bonds. The Bertz CT molecular complexity index is 678. The standard InChI is InChI=1S/C15H17F3N4S/c16-15(17,18)12-2-1-11(10-22-4-3-20-14(22)19)13(9-12)21-5-7-23-8-6-21/h1-4,9H,5-8,10H2,(H2,19,20). The van der Waals surface area contributed by atoms with Crippen LogP contribution in [0.1, 0.15) is 11.1 Å². The molecule has 1 fully saturated rings. The van der Waals surface area contributed by atoms with Gasteiger partial charge in [0, 0.05) is 42.7 Å². The van der Waals surface area contributed by atoms with Gasteiger partial charge in [0.1, 0.15) is 0 Å². The fourth-order valence-corrected chi connectivity index (χ4v) is 3.53. The van der Waals surface area contributed by atoms with E-state index in [1.54, 1.807) is 23.0 Å². The zero-order valence-electron chi connectivity index (χ0n) is 12.4. The Balaban J connectivity index is 1.98. The van der Waals surface area contributed by atoms with Gasteiger partial charge in [-0.25, -0.2) is 4.98 Å². The van der Waals surface area contributed by atoms with Crippen molar-refractivity contribution in [3.8, 4) is 0 Å². The second-order valence-corrected chi connectivity index (χ2v) is 6.58. The van der Waals surface area contributed by atoms with Gasteiger partial charge >= 0.3 is 6.18 Å². The van der Waals surface area contributed by atoms with Crippen LogP contribution in [0.2, 0.25) is 0 Å². The first-order valence-electron chi connectivity index (χ1n) is 7.24. The van der Waals surface area contributed by atoms with Crippen LogP contribution >= 0.6 is 11.8 Å². The lowest BCUT2D eigenvalue weighted by atomic mass is 10.1. The molecule has 2 aromatic rings. The fraction of sp³-hybridized carbons (Fsp3) is 0.400. The van der Waals surface area contributed by atoms with Crippen LogP contribution in [0.3, 0.4) is 0 Å². The number of aromatic nitrogens is 2. The molecule has 0 radical (unpaired) electrons. The maximum absolute atomic E-state index is 13.1. The van der Waals surface area contributed by atoms with Crippen LogP contribution in [-0.4, -0.2) is 34.1 Å². The first-order chi connectivity index (χ1) is 10.9. The Morgan fingerprint density at radius 3 is 2.57 bits per heavy atom. The molecule has 3 rings (SSSR count). The average Bonchev–Trinajstić information content (AvgIpc) is 2.93. The smallest absolute Gasteiger partial charge is 0.370 e. The Hall–Kier alpha value is -1.83. The predicted molar refractivity (Wildman–Crippen MR) is 86.7 cm³/mol. The quantitative estimate of drug-likeness (QED) is 0.931. The molecule has 4 nitrogen and oxygen atoms in total. The van der Waals surface area contributed by atoms with E-state index in [4.69, 9.17) is 5.73 Å². The molecule has 8 heteroatoms. The van der Waals surface area contributed by atoms with E-state index in [1.807, 2.05) is 16.7 Å². The average molecular weight is 342 g/mol. The van der Waals surface area contributed by atoms with Crippen LogP contribution < -0.4 is 10.6 Å². The van der Waals surface area contributed by atoms with Gasteiger partial charge in [0.15, 0.2) is 5.95 Å². The number of thioether (sulfide) groups is 1. The predicted octanol–water partition coefficient (Wildman–Crippen LogP) is 3.09. The molecule has 2 N–H and O–H groups in total. The molecule has 1 aromatic heterocycles. The van der Waals surface area contributed by atoms with E-state index in [1.165, 1.54) is 6.07 Å². The zero-order chi connectivity index (χ0) is 16.4. The number of imidazole rings is 1. The van der Waals surface area contributed by atoms with Gasteiger partial charge in [0.05, 0.1) is 12.1 Å². The Morgan fingerprint density at radius 1 is 1.22 bits per heavy atom. The second kappa shape index (κ2) is 6.35. The monoisotopic (exact) mass is 342 g/mol. The topological polar surface area (TPSA) is 47.1 Å². The molecular formula is C15H17F3N4S. The third-order valence-corrected chi connectivity index (χ3v) is 4.80. The van der Waals surface area contributed by atoms with Crippen LogP contribution in [-0.2, 0) is 12.7 Å². The first kappa shape index (κ1) is 16.0. The number of anilines is 2. The highest BCUT2D eigenvalue weighted by Crippen LogP contribution is 2.34. The molecular weight excluding hydrogens is 325 g/mol. The molecule has 0 bridgehead atoms. The number of benzene rings is 1. The number of alkyl halides is 3. The highest BCUT2D eigenvalue weighted by Gasteiger charge is 2.31. The molecule has 23 heavy (non-hydrogen) atoms. The van der Waals surface area contributed by atoms with E-state index in [0.29, 0.717) is 18.2 Å². The van der Waals surface area contributed by atoms with E-state index in [2.05, 4.69) is 4.98 Å². The van der Waals surface area contributed by atoms with Crippen molar-refractivity contribution < 1.29 is 13.2 Å². The van der Waals surface area contributed by atoms with Crippen molar-refractivity contribution in [3.63, 3.8) is 0 Å².